The van der Waals surface area contributed by atoms with Gasteiger partial charge < -0.3 is 10.2 Å². The third kappa shape index (κ3) is 5.18. The van der Waals surface area contributed by atoms with Crippen molar-refractivity contribution in [1.29, 1.82) is 5.26 Å². The summed E-state index contributed by atoms with van der Waals surface area (Å²) in [5.74, 6) is -0.966. The number of amides is 3. The molecule has 0 fully saturated rings. The number of halogens is 1. The van der Waals surface area contributed by atoms with E-state index in [1.165, 1.54) is 11.8 Å². The molecular formula is C26H21ClN6O4S. The number of nitrogens with one attached hydrogen (secondary N) is 1. The number of nitriles is 1. The number of hydrogen-bond acceptors (Lipinski definition) is 9. The van der Waals surface area contributed by atoms with Gasteiger partial charge in [0.25, 0.3) is 11.8 Å². The second-order valence-corrected chi connectivity index (χ2v) is 9.57. The standard InChI is InChI=1S/C26H21ClN6O4S/c1-3-32(10-11-33-25(36)17-6-4-5-7-18(17)26(33)37)16-8-9-20(21(12-16)29-15(2)35)30-31-24-19(13-28)23(27)22(14-34)38-24/h4-9,12,14H,3,10-11H2,1-2H3,(H,29,35). The Bertz CT molecular complexity index is 1490. The molecule has 1 aliphatic heterocycles. The number of fused-ring (bicyclic) bond motifs is 1. The Labute approximate surface area is 227 Å². The molecule has 0 radical (unpaired) electrons. The van der Waals surface area contributed by atoms with Gasteiger partial charge in [-0.2, -0.15) is 5.26 Å². The van der Waals surface area contributed by atoms with E-state index in [2.05, 4.69) is 15.5 Å². The van der Waals surface area contributed by atoms with Crippen LogP contribution in [0.25, 0.3) is 0 Å². The summed E-state index contributed by atoms with van der Waals surface area (Å²) in [4.78, 5) is 51.8. The van der Waals surface area contributed by atoms with E-state index in [0.29, 0.717) is 41.9 Å². The Morgan fingerprint density at radius 3 is 2.45 bits per heavy atom. The first-order valence-electron chi connectivity index (χ1n) is 11.5. The molecule has 4 rings (SSSR count). The fourth-order valence-corrected chi connectivity index (χ4v) is 5.12. The van der Waals surface area contributed by atoms with E-state index in [1.807, 2.05) is 17.9 Å². The minimum atomic E-state index is -0.326. The van der Waals surface area contributed by atoms with E-state index in [1.54, 1.807) is 42.5 Å². The van der Waals surface area contributed by atoms with Crippen LogP contribution < -0.4 is 10.2 Å². The number of aldehydes is 1. The minimum Gasteiger partial charge on any atom is -0.370 e. The molecule has 1 aromatic heterocycles. The molecule has 10 nitrogen and oxygen atoms in total. The largest absolute Gasteiger partial charge is 0.370 e. The number of rotatable bonds is 9. The van der Waals surface area contributed by atoms with Crippen molar-refractivity contribution in [2.45, 2.75) is 13.8 Å². The smallest absolute Gasteiger partial charge is 0.261 e. The summed E-state index contributed by atoms with van der Waals surface area (Å²) in [5.41, 5.74) is 2.26. The Morgan fingerprint density at radius 1 is 1.18 bits per heavy atom. The van der Waals surface area contributed by atoms with Crippen LogP contribution in [-0.4, -0.2) is 48.5 Å². The molecule has 3 aromatic rings. The van der Waals surface area contributed by atoms with Gasteiger partial charge in [-0.25, -0.2) is 0 Å². The number of carbonyl (C=O) groups excluding carboxylic acids is 4. The van der Waals surface area contributed by atoms with Crippen LogP contribution in [0.15, 0.2) is 52.7 Å². The summed E-state index contributed by atoms with van der Waals surface area (Å²) in [5, 5.41) is 20.6. The number of anilines is 2. The van der Waals surface area contributed by atoms with Crippen molar-refractivity contribution in [2.75, 3.05) is 29.9 Å². The van der Waals surface area contributed by atoms with Gasteiger partial charge in [0, 0.05) is 32.2 Å². The van der Waals surface area contributed by atoms with Crippen LogP contribution in [0.1, 0.15) is 49.8 Å². The maximum atomic E-state index is 12.7. The molecule has 2 heterocycles. The Kier molecular flexibility index (Phi) is 7.95. The van der Waals surface area contributed by atoms with Crippen molar-refractivity contribution in [2.24, 2.45) is 10.2 Å². The monoisotopic (exact) mass is 548 g/mol. The van der Waals surface area contributed by atoms with Crippen molar-refractivity contribution in [1.82, 2.24) is 4.90 Å². The molecule has 0 aliphatic carbocycles. The van der Waals surface area contributed by atoms with Crippen LogP contribution >= 0.6 is 22.9 Å². The zero-order chi connectivity index (χ0) is 27.4. The number of nitrogens with zero attached hydrogens (tertiary/aromatic N) is 5. The molecule has 0 spiro atoms. The van der Waals surface area contributed by atoms with Crippen LogP contribution in [-0.2, 0) is 4.79 Å². The fourth-order valence-electron chi connectivity index (χ4n) is 3.99. The van der Waals surface area contributed by atoms with E-state index in [0.717, 1.165) is 17.0 Å². The average molecular weight is 549 g/mol. The zero-order valence-corrected chi connectivity index (χ0v) is 22.0. The van der Waals surface area contributed by atoms with Crippen LogP contribution in [0.5, 0.6) is 0 Å². The first kappa shape index (κ1) is 26.7. The molecule has 38 heavy (non-hydrogen) atoms. The van der Waals surface area contributed by atoms with Gasteiger partial charge in [-0.3, -0.25) is 24.1 Å². The number of thiophene rings is 1. The predicted molar refractivity (Wildman–Crippen MR) is 144 cm³/mol. The van der Waals surface area contributed by atoms with Gasteiger partial charge in [0.1, 0.15) is 17.3 Å². The first-order valence-corrected chi connectivity index (χ1v) is 12.7. The molecule has 3 amide bonds. The molecule has 1 N–H and O–H groups in total. The maximum Gasteiger partial charge on any atom is 0.261 e. The summed E-state index contributed by atoms with van der Waals surface area (Å²) in [6, 6.07) is 13.8. The van der Waals surface area contributed by atoms with E-state index >= 15 is 0 Å². The minimum absolute atomic E-state index is 0.0236. The summed E-state index contributed by atoms with van der Waals surface area (Å²) in [6.07, 6.45) is 0.547. The lowest BCUT2D eigenvalue weighted by Crippen LogP contribution is -2.38. The molecule has 0 saturated carbocycles. The van der Waals surface area contributed by atoms with E-state index in [9.17, 15) is 24.4 Å². The lowest BCUT2D eigenvalue weighted by Gasteiger charge is -2.26. The third-order valence-corrected chi connectivity index (χ3v) is 7.34. The predicted octanol–water partition coefficient (Wildman–Crippen LogP) is 5.58. The second kappa shape index (κ2) is 11.3. The van der Waals surface area contributed by atoms with Crippen molar-refractivity contribution in [3.8, 4) is 6.07 Å². The fraction of sp³-hybridized carbons (Fsp3) is 0.192. The van der Waals surface area contributed by atoms with E-state index < -0.39 is 0 Å². The van der Waals surface area contributed by atoms with Crippen LogP contribution in [0.2, 0.25) is 5.02 Å². The van der Waals surface area contributed by atoms with Gasteiger partial charge in [-0.15, -0.1) is 21.6 Å². The first-order chi connectivity index (χ1) is 18.3. The summed E-state index contributed by atoms with van der Waals surface area (Å²) < 4.78 is 0. The number of hydrogen-bond donors (Lipinski definition) is 1. The number of likely N-dealkylation sites (N-methyl/N-ethyl adjacent to an activating group) is 1. The molecule has 1 aliphatic rings. The Morgan fingerprint density at radius 2 is 1.87 bits per heavy atom. The Hall–Kier alpha value is -4.40. The van der Waals surface area contributed by atoms with Crippen molar-refractivity contribution in [3.63, 3.8) is 0 Å². The van der Waals surface area contributed by atoms with Gasteiger partial charge in [-0.05, 0) is 37.3 Å². The molecule has 2 aromatic carbocycles. The SMILES string of the molecule is CCN(CCN1C(=O)c2ccccc2C1=O)c1ccc(N=Nc2sc(C=O)c(Cl)c2C#N)c(NC(C)=O)c1. The molecule has 192 valence electrons. The van der Waals surface area contributed by atoms with E-state index in [4.69, 9.17) is 11.6 Å². The summed E-state index contributed by atoms with van der Waals surface area (Å²) in [6.45, 7) is 4.42. The highest BCUT2D eigenvalue weighted by Crippen LogP contribution is 2.39. The van der Waals surface area contributed by atoms with Crippen molar-refractivity contribution >= 4 is 69.0 Å². The van der Waals surface area contributed by atoms with Crippen LogP contribution in [0.3, 0.4) is 0 Å². The van der Waals surface area contributed by atoms with Gasteiger partial charge in [-0.1, -0.05) is 23.7 Å². The average Bonchev–Trinajstić information content (AvgIpc) is 3.35. The molecule has 0 unspecified atom stereocenters. The lowest BCUT2D eigenvalue weighted by atomic mass is 10.1. The quantitative estimate of drug-likeness (QED) is 0.210. The van der Waals surface area contributed by atoms with Crippen LogP contribution in [0, 0.1) is 11.3 Å². The maximum absolute atomic E-state index is 12.7. The van der Waals surface area contributed by atoms with Gasteiger partial charge in [0.15, 0.2) is 11.3 Å². The molecule has 12 heteroatoms. The molecule has 0 saturated heterocycles. The summed E-state index contributed by atoms with van der Waals surface area (Å²) >= 11 is 6.99. The normalized spacial score (nSPS) is 12.5. The zero-order valence-electron chi connectivity index (χ0n) is 20.4. The summed E-state index contributed by atoms with van der Waals surface area (Å²) in [7, 11) is 0. The van der Waals surface area contributed by atoms with Gasteiger partial charge >= 0.3 is 0 Å². The lowest BCUT2D eigenvalue weighted by molar-refractivity contribution is -0.114. The molecule has 0 bridgehead atoms. The van der Waals surface area contributed by atoms with Crippen molar-refractivity contribution < 1.29 is 19.2 Å². The van der Waals surface area contributed by atoms with Gasteiger partial charge in [0.05, 0.1) is 26.7 Å². The number of imide groups is 1. The topological polar surface area (TPSA) is 135 Å². The van der Waals surface area contributed by atoms with E-state index in [-0.39, 0.29) is 44.7 Å². The highest BCUT2D eigenvalue weighted by molar-refractivity contribution is 7.18. The highest BCUT2D eigenvalue weighted by atomic mass is 35.5. The third-order valence-electron chi connectivity index (χ3n) is 5.83. The van der Waals surface area contributed by atoms with Gasteiger partial charge in [0.2, 0.25) is 5.91 Å². The van der Waals surface area contributed by atoms with Crippen molar-refractivity contribution in [3.05, 3.63) is 69.1 Å². The molecular weight excluding hydrogens is 528 g/mol. The second-order valence-electron chi connectivity index (χ2n) is 8.16. The Balaban J connectivity index is 1.57. The highest BCUT2D eigenvalue weighted by Gasteiger charge is 2.34. The number of azo groups is 1. The van der Waals surface area contributed by atoms with Crippen LogP contribution in [0.4, 0.5) is 22.1 Å². The number of carbonyl (C=O) groups is 4. The molecule has 0 atom stereocenters. The number of benzene rings is 2.